The minimum absolute atomic E-state index is 2.06. The molecule has 4 heavy (non-hydrogen) atoms. The van der Waals surface area contributed by atoms with Crippen molar-refractivity contribution in [1.82, 2.24) is 0 Å². The molecule has 0 aromatic carbocycles. The van der Waals surface area contributed by atoms with Crippen LogP contribution in [-0.2, 0) is 4.57 Å². The lowest BCUT2D eigenvalue weighted by molar-refractivity contribution is 0.521. The summed E-state index contributed by atoms with van der Waals surface area (Å²) < 4.78 is 9.06. The van der Waals surface area contributed by atoms with Gasteiger partial charge in [0.1, 0.15) is 0 Å². The van der Waals surface area contributed by atoms with Crippen molar-refractivity contribution < 1.29 is 9.46 Å². The number of hydrogen-bond acceptors (Lipinski definition) is 1. The maximum atomic E-state index is 9.06. The van der Waals surface area contributed by atoms with Gasteiger partial charge in [0.2, 0.25) is 0 Å². The Morgan fingerprint density at radius 2 is 2.00 bits per heavy atom. The van der Waals surface area contributed by atoms with E-state index in [0.29, 0.717) is 0 Å². The summed E-state index contributed by atoms with van der Waals surface area (Å²) in [4.78, 5) is 7.48. The summed E-state index contributed by atoms with van der Waals surface area (Å²) >= 11 is 2.34. The van der Waals surface area contributed by atoms with Gasteiger partial charge in [-0.1, -0.05) is 0 Å². The van der Waals surface area contributed by atoms with Gasteiger partial charge in [-0.05, 0) is 4.57 Å². The summed E-state index contributed by atoms with van der Waals surface area (Å²) in [5.74, 6) is 0. The first-order valence-electron chi connectivity index (χ1n) is 0.552. The third-order valence-corrected chi connectivity index (χ3v) is 0. The Morgan fingerprint density at radius 3 is 2.00 bits per heavy atom. The van der Waals surface area contributed by atoms with E-state index in [2.05, 4.69) is 15.5 Å². The topological polar surface area (TPSA) is 37.3 Å². The second-order valence-corrected chi connectivity index (χ2v) is 2.50. The van der Waals surface area contributed by atoms with Crippen LogP contribution in [0.5, 0.6) is 0 Å². The molecule has 0 spiro atoms. The lowest BCUT2D eigenvalue weighted by atomic mass is 15.9. The molecule has 0 saturated heterocycles. The molecule has 0 heterocycles. The highest BCUT2D eigenvalue weighted by Crippen LogP contribution is 2.21. The highest BCUT2D eigenvalue weighted by atomic mass is 79.9. The summed E-state index contributed by atoms with van der Waals surface area (Å²) in [6.07, 6.45) is 0. The average molecular weight is 144 g/mol. The second kappa shape index (κ2) is 1.82. The van der Waals surface area contributed by atoms with Gasteiger partial charge in [0, 0.05) is 0 Å². The van der Waals surface area contributed by atoms with Crippen LogP contribution >= 0.6 is 22.2 Å². The molecule has 4 heteroatoms. The zero-order chi connectivity index (χ0) is 3.58. The molecule has 2 nitrogen and oxygen atoms in total. The first-order valence-corrected chi connectivity index (χ1v) is 3.78. The molecule has 1 unspecified atom stereocenters. The Morgan fingerprint density at radius 1 is 2.00 bits per heavy atom. The molecule has 0 aromatic rings. The van der Waals surface area contributed by atoms with Crippen LogP contribution in [0.4, 0.5) is 0 Å². The van der Waals surface area contributed by atoms with Crippen molar-refractivity contribution in [2.75, 3.05) is 0 Å². The molecule has 1 N–H and O–H groups in total. The van der Waals surface area contributed by atoms with Gasteiger partial charge in [0.15, 0.2) is 0 Å². The molecule has 0 aliphatic heterocycles. The fourth-order valence-corrected chi connectivity index (χ4v) is 0. The quantitative estimate of drug-likeness (QED) is 0.515. The Balaban J connectivity index is 2.80. The van der Waals surface area contributed by atoms with Gasteiger partial charge in [0.05, 0.1) is 0 Å². The van der Waals surface area contributed by atoms with Gasteiger partial charge in [-0.2, -0.15) is 4.89 Å². The van der Waals surface area contributed by atoms with Crippen LogP contribution in [0.3, 0.4) is 0 Å². The molecule has 0 rings (SSSR count). The van der Waals surface area contributed by atoms with Crippen LogP contribution in [0.25, 0.3) is 0 Å². The maximum Gasteiger partial charge on any atom is 0.587 e. The van der Waals surface area contributed by atoms with Crippen LogP contribution in [0.15, 0.2) is 0 Å². The Hall–Kier alpha value is 0.540. The van der Waals surface area contributed by atoms with Crippen LogP contribution in [0.2, 0.25) is 0 Å². The minimum Gasteiger partial charge on any atom is -0.151 e. The third kappa shape index (κ3) is 20.7. The van der Waals surface area contributed by atoms with E-state index in [1.165, 1.54) is 0 Å². The second-order valence-electron chi connectivity index (χ2n) is 0.226. The lowest BCUT2D eigenvalue weighted by Crippen LogP contribution is -1.19. The molecule has 0 fully saturated rings. The van der Waals surface area contributed by atoms with Crippen molar-refractivity contribution in [1.29, 1.82) is 0 Å². The van der Waals surface area contributed by atoms with Crippen LogP contribution in [0.1, 0.15) is 0 Å². The highest BCUT2D eigenvalue weighted by Gasteiger charge is 1.94. The smallest absolute Gasteiger partial charge is 0.151 e. The van der Waals surface area contributed by atoms with E-state index in [4.69, 9.17) is 9.46 Å². The summed E-state index contributed by atoms with van der Waals surface area (Å²) in [5, 5.41) is 0. The Labute approximate surface area is 32.4 Å². The summed E-state index contributed by atoms with van der Waals surface area (Å²) in [7, 11) is 0. The van der Waals surface area contributed by atoms with Gasteiger partial charge in [-0.25, -0.2) is 0 Å². The molecule has 0 amide bonds. The van der Waals surface area contributed by atoms with Gasteiger partial charge >= 0.3 is 22.2 Å². The fourth-order valence-electron chi connectivity index (χ4n) is 0. The summed E-state index contributed by atoms with van der Waals surface area (Å²) in [5.41, 5.74) is 0. The molecule has 0 saturated carbocycles. The zero-order valence-electron chi connectivity index (χ0n) is 1.68. The van der Waals surface area contributed by atoms with E-state index in [1.807, 2.05) is 0 Å². The first-order chi connectivity index (χ1) is 1.73. The molecular weight excluding hydrogens is 143 g/mol. The van der Waals surface area contributed by atoms with Crippen LogP contribution in [-0.4, -0.2) is 4.89 Å². The molecule has 0 radical (unpaired) electrons. The van der Waals surface area contributed by atoms with Crippen molar-refractivity contribution in [3.8, 4) is 0 Å². The first kappa shape index (κ1) is 4.54. The van der Waals surface area contributed by atoms with Crippen molar-refractivity contribution in [3.05, 3.63) is 0 Å². The standard InChI is InChI=1S/BrO2P/c1-4(2)3/p+1. The fraction of sp³-hybridized carbons (Fsp3) is 0. The molecule has 0 aliphatic rings. The molecule has 0 bridgehead atoms. The van der Waals surface area contributed by atoms with E-state index in [9.17, 15) is 0 Å². The van der Waals surface area contributed by atoms with Crippen molar-refractivity contribution in [3.63, 3.8) is 0 Å². The number of rotatable bonds is 0. The molecule has 24 valence electrons. The predicted octanol–water partition coefficient (Wildman–Crippen LogP) is 1.03. The van der Waals surface area contributed by atoms with Crippen molar-refractivity contribution in [2.45, 2.75) is 0 Å². The maximum absolute atomic E-state index is 9.06. The Bertz CT molecular complexity index is 29.0. The zero-order valence-corrected chi connectivity index (χ0v) is 4.16. The number of halogens is 1. The third-order valence-electron chi connectivity index (χ3n) is 0. The van der Waals surface area contributed by atoms with Crippen LogP contribution in [0, 0.1) is 0 Å². The largest absolute Gasteiger partial charge is 0.587 e. The van der Waals surface area contributed by atoms with Gasteiger partial charge in [-0.3, -0.25) is 0 Å². The van der Waals surface area contributed by atoms with Crippen molar-refractivity contribution in [2.24, 2.45) is 0 Å². The van der Waals surface area contributed by atoms with E-state index < -0.39 is 6.73 Å². The van der Waals surface area contributed by atoms with Gasteiger partial charge < -0.3 is 0 Å². The van der Waals surface area contributed by atoms with E-state index in [1.54, 1.807) is 0 Å². The van der Waals surface area contributed by atoms with Gasteiger partial charge in [-0.15, -0.1) is 0 Å². The average Bonchev–Trinajstić information content (AvgIpc) is 0.811. The summed E-state index contributed by atoms with van der Waals surface area (Å²) in [6, 6.07) is 0. The van der Waals surface area contributed by atoms with Gasteiger partial charge in [0.25, 0.3) is 0 Å². The highest BCUT2D eigenvalue weighted by molar-refractivity contribution is 9.37. The summed E-state index contributed by atoms with van der Waals surface area (Å²) in [6.45, 7) is -2.06. The monoisotopic (exact) mass is 143 g/mol. The van der Waals surface area contributed by atoms with Crippen molar-refractivity contribution >= 4 is 22.2 Å². The van der Waals surface area contributed by atoms with Crippen LogP contribution < -0.4 is 0 Å². The normalized spacial score (nSPS) is 11.0. The molecule has 0 aliphatic carbocycles. The van der Waals surface area contributed by atoms with E-state index in [0.717, 1.165) is 0 Å². The predicted molar refractivity (Wildman–Crippen MR) is 18.8 cm³/mol. The molecule has 1 atom stereocenters. The Kier molecular flexibility index (Phi) is 2.07. The van der Waals surface area contributed by atoms with E-state index >= 15 is 0 Å². The lowest BCUT2D eigenvalue weighted by Gasteiger charge is -1.30. The molecular formula is HBrO2P+. The number of hydrogen-bond donors (Lipinski definition) is 1. The minimum atomic E-state index is -2.06. The SMILES string of the molecule is O=[P+](O)Br. The van der Waals surface area contributed by atoms with E-state index in [-0.39, 0.29) is 0 Å². The molecule has 0 aromatic heterocycles.